The highest BCUT2D eigenvalue weighted by Crippen LogP contribution is 2.47. The first kappa shape index (κ1) is 23.2. The molecule has 8 nitrogen and oxygen atoms in total. The van der Waals surface area contributed by atoms with Crippen LogP contribution in [0.25, 0.3) is 11.3 Å². The van der Waals surface area contributed by atoms with Gasteiger partial charge in [-0.05, 0) is 49.3 Å². The van der Waals surface area contributed by atoms with Gasteiger partial charge in [-0.2, -0.15) is 13.2 Å². The summed E-state index contributed by atoms with van der Waals surface area (Å²) in [5.74, 6) is -0.485. The molecular weight excluding hydrogens is 439 g/mol. The number of nitrogens with zero attached hydrogens (tertiary/aromatic N) is 4. The van der Waals surface area contributed by atoms with Gasteiger partial charge in [-0.1, -0.05) is 6.42 Å². The van der Waals surface area contributed by atoms with Gasteiger partial charge in [-0.3, -0.25) is 15.1 Å². The van der Waals surface area contributed by atoms with Crippen LogP contribution in [0, 0.1) is 15.5 Å². The molecular formula is C22H26F3N5O3. The van der Waals surface area contributed by atoms with Gasteiger partial charge >= 0.3 is 11.9 Å². The van der Waals surface area contributed by atoms with Crippen LogP contribution < -0.4 is 10.6 Å². The predicted molar refractivity (Wildman–Crippen MR) is 117 cm³/mol. The smallest absolute Gasteiger partial charge is 0.384 e. The van der Waals surface area contributed by atoms with Gasteiger partial charge in [-0.15, -0.1) is 0 Å². The summed E-state index contributed by atoms with van der Waals surface area (Å²) in [6.45, 7) is 1.05. The molecule has 2 heterocycles. The third kappa shape index (κ3) is 4.59. The van der Waals surface area contributed by atoms with E-state index in [1.165, 1.54) is 12.1 Å². The van der Waals surface area contributed by atoms with Crippen molar-refractivity contribution in [2.45, 2.75) is 44.2 Å². The first-order valence-electron chi connectivity index (χ1n) is 10.8. The number of pyridine rings is 2. The Balaban J connectivity index is 1.76. The van der Waals surface area contributed by atoms with Crippen molar-refractivity contribution in [3.05, 3.63) is 39.7 Å². The molecule has 2 fully saturated rings. The molecule has 2 saturated carbocycles. The van der Waals surface area contributed by atoms with E-state index in [0.717, 1.165) is 25.5 Å². The van der Waals surface area contributed by atoms with Crippen LogP contribution in [0.3, 0.4) is 0 Å². The van der Waals surface area contributed by atoms with E-state index < -0.39 is 16.8 Å². The lowest BCUT2D eigenvalue weighted by Crippen LogP contribution is -2.44. The summed E-state index contributed by atoms with van der Waals surface area (Å²) in [5.41, 5.74) is 5.63. The van der Waals surface area contributed by atoms with Gasteiger partial charge in [0.25, 0.3) is 0 Å². The van der Waals surface area contributed by atoms with Gasteiger partial charge in [0, 0.05) is 37.9 Å². The largest absolute Gasteiger partial charge is 0.433 e. The van der Waals surface area contributed by atoms with Gasteiger partial charge in [0.15, 0.2) is 0 Å². The summed E-state index contributed by atoms with van der Waals surface area (Å²) in [6, 6.07) is 2.94. The maximum absolute atomic E-state index is 13.4. The number of rotatable bonds is 8. The van der Waals surface area contributed by atoms with Gasteiger partial charge in [0.2, 0.25) is 5.82 Å². The third-order valence-electron chi connectivity index (χ3n) is 6.53. The number of nitrogen functional groups attached to an aromatic ring is 1. The van der Waals surface area contributed by atoms with Crippen LogP contribution in [-0.2, 0) is 10.9 Å². The molecule has 2 N–H and O–H groups in total. The molecule has 0 spiro atoms. The van der Waals surface area contributed by atoms with Crippen molar-refractivity contribution in [2.75, 3.05) is 37.9 Å². The molecule has 11 heteroatoms. The molecule has 2 aliphatic carbocycles. The molecule has 33 heavy (non-hydrogen) atoms. The highest BCUT2D eigenvalue weighted by Gasteiger charge is 2.41. The van der Waals surface area contributed by atoms with Crippen LogP contribution in [0.1, 0.15) is 49.3 Å². The summed E-state index contributed by atoms with van der Waals surface area (Å²) in [7, 11) is 3.36. The summed E-state index contributed by atoms with van der Waals surface area (Å²) in [5, 5.41) is 11.8. The first-order valence-corrected chi connectivity index (χ1v) is 10.8. The molecule has 4 rings (SSSR count). The Morgan fingerprint density at radius 2 is 2.03 bits per heavy atom. The first-order chi connectivity index (χ1) is 15.5. The zero-order valence-corrected chi connectivity index (χ0v) is 18.5. The zero-order chi connectivity index (χ0) is 24.0. The number of hydrogen-bond donors (Lipinski definition) is 1. The molecule has 2 aromatic heterocycles. The second-order valence-corrected chi connectivity index (χ2v) is 9.09. The summed E-state index contributed by atoms with van der Waals surface area (Å²) < 4.78 is 45.6. The minimum atomic E-state index is -4.55. The van der Waals surface area contributed by atoms with Crippen molar-refractivity contribution in [3.63, 3.8) is 0 Å². The lowest BCUT2D eigenvalue weighted by atomic mass is 9.69. The average molecular weight is 465 g/mol. The van der Waals surface area contributed by atoms with Gasteiger partial charge < -0.3 is 15.4 Å². The molecule has 0 radical (unpaired) electrons. The number of nitrogens with two attached hydrogens (primary N) is 1. The molecule has 0 atom stereocenters. The summed E-state index contributed by atoms with van der Waals surface area (Å²) in [4.78, 5) is 20.8. The molecule has 178 valence electrons. The van der Waals surface area contributed by atoms with Crippen LogP contribution in [0.5, 0.6) is 0 Å². The Hall–Kier alpha value is -2.95. The van der Waals surface area contributed by atoms with Crippen LogP contribution in [0.2, 0.25) is 0 Å². The van der Waals surface area contributed by atoms with E-state index in [4.69, 9.17) is 10.5 Å². The Morgan fingerprint density at radius 1 is 1.33 bits per heavy atom. The van der Waals surface area contributed by atoms with Crippen LogP contribution in [0.15, 0.2) is 18.3 Å². The number of methoxy groups -OCH3 is 1. The quantitative estimate of drug-likeness (QED) is 0.441. The molecule has 2 aliphatic rings. The molecule has 0 bridgehead atoms. The van der Waals surface area contributed by atoms with E-state index in [-0.39, 0.29) is 39.8 Å². The average Bonchev–Trinajstić information content (AvgIpc) is 3.55. The monoisotopic (exact) mass is 465 g/mol. The maximum atomic E-state index is 13.4. The highest BCUT2D eigenvalue weighted by atomic mass is 19.4. The number of aromatic nitrogens is 2. The van der Waals surface area contributed by atoms with E-state index in [1.54, 1.807) is 19.1 Å². The lowest BCUT2D eigenvalue weighted by Gasteiger charge is -2.44. The Kier molecular flexibility index (Phi) is 5.94. The summed E-state index contributed by atoms with van der Waals surface area (Å²) >= 11 is 0. The molecule has 0 unspecified atom stereocenters. The third-order valence-corrected chi connectivity index (χ3v) is 6.53. The minimum absolute atomic E-state index is 0.107. The van der Waals surface area contributed by atoms with Crippen LogP contribution in [-0.4, -0.2) is 42.2 Å². The van der Waals surface area contributed by atoms with E-state index in [9.17, 15) is 23.3 Å². The highest BCUT2D eigenvalue weighted by molar-refractivity contribution is 5.79. The number of alkyl halides is 3. The van der Waals surface area contributed by atoms with Crippen LogP contribution in [0.4, 0.5) is 30.4 Å². The number of halogens is 3. The molecule has 2 aromatic rings. The zero-order valence-electron chi connectivity index (χ0n) is 18.5. The van der Waals surface area contributed by atoms with Crippen molar-refractivity contribution < 1.29 is 22.8 Å². The number of ether oxygens (including phenoxy) is 1. The SMILES string of the molecule is COCC1(CN(C)c2cc(-c3cnc(C(F)(F)F)c(C4CC4)c3)nc(N)c2[N+](=O)[O-])CCC1. The minimum Gasteiger partial charge on any atom is -0.384 e. The molecule has 0 amide bonds. The molecule has 0 aliphatic heterocycles. The maximum Gasteiger partial charge on any atom is 0.433 e. The standard InChI is InChI=1S/C22H26F3N5O3/c1-29(11-21(12-33-2)6-3-7-21)17-9-16(28-20(26)18(17)30(31)32)14-8-15(13-4-5-13)19(27-10-14)22(23,24)25/h8-10,13H,3-7,11-12H2,1-2H3,(H2,26,28). The van der Waals surface area contributed by atoms with E-state index in [2.05, 4.69) is 9.97 Å². The van der Waals surface area contributed by atoms with Crippen molar-refractivity contribution in [1.82, 2.24) is 9.97 Å². The molecule has 0 saturated heterocycles. The van der Waals surface area contributed by atoms with Crippen LogP contribution >= 0.6 is 0 Å². The fraction of sp³-hybridized carbons (Fsp3) is 0.545. The topological polar surface area (TPSA) is 107 Å². The predicted octanol–water partition coefficient (Wildman–Crippen LogP) is 4.78. The summed E-state index contributed by atoms with van der Waals surface area (Å²) in [6.07, 6.45) is 0.829. The Labute approximate surface area is 189 Å². The van der Waals surface area contributed by atoms with Crippen molar-refractivity contribution in [2.24, 2.45) is 5.41 Å². The van der Waals surface area contributed by atoms with E-state index >= 15 is 0 Å². The van der Waals surface area contributed by atoms with Crippen molar-refractivity contribution in [3.8, 4) is 11.3 Å². The number of nitro groups is 1. The van der Waals surface area contributed by atoms with Gasteiger partial charge in [-0.25, -0.2) is 4.98 Å². The lowest BCUT2D eigenvalue weighted by molar-refractivity contribution is -0.383. The number of hydrogen-bond acceptors (Lipinski definition) is 7. The number of anilines is 2. The van der Waals surface area contributed by atoms with Gasteiger partial charge in [0.05, 0.1) is 17.2 Å². The molecule has 0 aromatic carbocycles. The van der Waals surface area contributed by atoms with Crippen molar-refractivity contribution in [1.29, 1.82) is 0 Å². The Bertz CT molecular complexity index is 1070. The Morgan fingerprint density at radius 3 is 2.55 bits per heavy atom. The second-order valence-electron chi connectivity index (χ2n) is 9.09. The second kappa shape index (κ2) is 8.44. The normalized spacial score (nSPS) is 17.5. The van der Waals surface area contributed by atoms with E-state index in [1.807, 2.05) is 0 Å². The van der Waals surface area contributed by atoms with E-state index in [0.29, 0.717) is 31.6 Å². The van der Waals surface area contributed by atoms with Gasteiger partial charge in [0.1, 0.15) is 11.4 Å². The fourth-order valence-electron chi connectivity index (χ4n) is 4.65. The van der Waals surface area contributed by atoms with Crippen molar-refractivity contribution >= 4 is 17.2 Å². The fourth-order valence-corrected chi connectivity index (χ4v) is 4.65.